The molecule has 170 valence electrons. The Labute approximate surface area is 203 Å². The molecular weight excluding hydrogens is 501 g/mol. The topological polar surface area (TPSA) is 61.8 Å². The standard InChI is InChI=1S/C24H35N5O.HI/c1-2-25-24(28-16-9-8-15-27-23-12-6-7-14-26-23)29-17-13-22(18-29)20-30-19-21-10-4-3-5-11-21;/h3-7,10-12,14,22H,2,8-9,13,15-20H2,1H3,(H,25,28)(H,26,27);1H. The van der Waals surface area contributed by atoms with Gasteiger partial charge in [0.1, 0.15) is 5.82 Å². The zero-order valence-electron chi connectivity index (χ0n) is 18.5. The predicted octanol–water partition coefficient (Wildman–Crippen LogP) is 4.40. The third kappa shape index (κ3) is 9.43. The molecular formula is C24H36IN5O. The largest absolute Gasteiger partial charge is 0.376 e. The van der Waals surface area contributed by atoms with Gasteiger partial charge in [0.05, 0.1) is 13.2 Å². The number of aromatic nitrogens is 1. The van der Waals surface area contributed by atoms with Crippen LogP contribution in [0.1, 0.15) is 31.7 Å². The molecule has 7 heteroatoms. The van der Waals surface area contributed by atoms with Crippen LogP contribution in [0.5, 0.6) is 0 Å². The number of nitrogens with zero attached hydrogens (tertiary/aromatic N) is 3. The SMILES string of the molecule is CCNC(=NCCCCNc1ccccn1)N1CCC(COCc2ccccc2)C1.I. The van der Waals surface area contributed by atoms with Crippen LogP contribution in [0.15, 0.2) is 59.7 Å². The van der Waals surface area contributed by atoms with Crippen LogP contribution in [0.3, 0.4) is 0 Å². The van der Waals surface area contributed by atoms with Gasteiger partial charge >= 0.3 is 0 Å². The normalized spacial score (nSPS) is 16.1. The predicted molar refractivity (Wildman–Crippen MR) is 139 cm³/mol. The van der Waals surface area contributed by atoms with Crippen LogP contribution in [-0.2, 0) is 11.3 Å². The molecule has 2 aromatic rings. The molecule has 1 aromatic carbocycles. The maximum atomic E-state index is 5.95. The number of anilines is 1. The van der Waals surface area contributed by atoms with Crippen molar-refractivity contribution in [2.75, 3.05) is 44.6 Å². The van der Waals surface area contributed by atoms with Gasteiger partial charge in [0.15, 0.2) is 5.96 Å². The summed E-state index contributed by atoms with van der Waals surface area (Å²) >= 11 is 0. The molecule has 3 rings (SSSR count). The molecule has 1 atom stereocenters. The van der Waals surface area contributed by atoms with Gasteiger partial charge in [-0.1, -0.05) is 36.4 Å². The van der Waals surface area contributed by atoms with E-state index in [1.807, 2.05) is 30.5 Å². The molecule has 1 unspecified atom stereocenters. The van der Waals surface area contributed by atoms with Crippen molar-refractivity contribution in [1.82, 2.24) is 15.2 Å². The molecule has 0 spiro atoms. The van der Waals surface area contributed by atoms with Gasteiger partial charge in [0.2, 0.25) is 0 Å². The van der Waals surface area contributed by atoms with Gasteiger partial charge in [-0.15, -0.1) is 24.0 Å². The van der Waals surface area contributed by atoms with E-state index in [1.165, 1.54) is 5.56 Å². The van der Waals surface area contributed by atoms with Gasteiger partial charge in [-0.25, -0.2) is 4.98 Å². The Balaban J connectivity index is 0.00000341. The molecule has 1 fully saturated rings. The number of guanidine groups is 1. The quantitative estimate of drug-likeness (QED) is 0.193. The Morgan fingerprint density at radius 3 is 2.77 bits per heavy atom. The highest BCUT2D eigenvalue weighted by Crippen LogP contribution is 2.17. The summed E-state index contributed by atoms with van der Waals surface area (Å²) in [6, 6.07) is 16.3. The number of rotatable bonds is 11. The van der Waals surface area contributed by atoms with Crippen LogP contribution in [0.2, 0.25) is 0 Å². The minimum Gasteiger partial charge on any atom is -0.376 e. The molecule has 1 aromatic heterocycles. The first-order valence-corrected chi connectivity index (χ1v) is 11.1. The fraction of sp³-hybridized carbons (Fsp3) is 0.500. The van der Waals surface area contributed by atoms with Gasteiger partial charge in [-0.05, 0) is 43.9 Å². The second-order valence-corrected chi connectivity index (χ2v) is 7.69. The number of halogens is 1. The minimum absolute atomic E-state index is 0. The first-order chi connectivity index (χ1) is 14.8. The van der Waals surface area contributed by atoms with Gasteiger partial charge in [-0.2, -0.15) is 0 Å². The Bertz CT molecular complexity index is 744. The Kier molecular flexibility index (Phi) is 12.3. The number of benzene rings is 1. The van der Waals surface area contributed by atoms with E-state index < -0.39 is 0 Å². The van der Waals surface area contributed by atoms with Crippen molar-refractivity contribution in [3.63, 3.8) is 0 Å². The van der Waals surface area contributed by atoms with Crippen molar-refractivity contribution in [3.8, 4) is 0 Å². The van der Waals surface area contributed by atoms with E-state index in [1.54, 1.807) is 0 Å². The Morgan fingerprint density at radius 1 is 1.16 bits per heavy atom. The van der Waals surface area contributed by atoms with Crippen molar-refractivity contribution < 1.29 is 4.74 Å². The van der Waals surface area contributed by atoms with E-state index in [0.29, 0.717) is 12.5 Å². The summed E-state index contributed by atoms with van der Waals surface area (Å²) in [6.45, 7) is 8.36. The van der Waals surface area contributed by atoms with E-state index in [2.05, 4.69) is 51.7 Å². The number of ether oxygens (including phenoxy) is 1. The lowest BCUT2D eigenvalue weighted by Gasteiger charge is -2.21. The number of nitrogens with one attached hydrogen (secondary N) is 2. The molecule has 1 saturated heterocycles. The fourth-order valence-electron chi connectivity index (χ4n) is 3.61. The maximum Gasteiger partial charge on any atom is 0.193 e. The van der Waals surface area contributed by atoms with E-state index in [0.717, 1.165) is 70.4 Å². The summed E-state index contributed by atoms with van der Waals surface area (Å²) in [5, 5.41) is 6.80. The summed E-state index contributed by atoms with van der Waals surface area (Å²) < 4.78 is 5.95. The highest BCUT2D eigenvalue weighted by molar-refractivity contribution is 14.0. The van der Waals surface area contributed by atoms with Crippen LogP contribution >= 0.6 is 24.0 Å². The van der Waals surface area contributed by atoms with Crippen LogP contribution < -0.4 is 10.6 Å². The molecule has 0 amide bonds. The molecule has 0 radical (unpaired) electrons. The Hall–Kier alpha value is -1.87. The van der Waals surface area contributed by atoms with Crippen molar-refractivity contribution in [2.45, 2.75) is 32.8 Å². The highest BCUT2D eigenvalue weighted by atomic mass is 127. The van der Waals surface area contributed by atoms with Crippen LogP contribution in [0.4, 0.5) is 5.82 Å². The monoisotopic (exact) mass is 537 g/mol. The molecule has 2 N–H and O–H groups in total. The van der Waals surface area contributed by atoms with Crippen molar-refractivity contribution >= 4 is 35.8 Å². The zero-order chi connectivity index (χ0) is 20.9. The van der Waals surface area contributed by atoms with Crippen molar-refractivity contribution in [1.29, 1.82) is 0 Å². The Morgan fingerprint density at radius 2 is 2.00 bits per heavy atom. The summed E-state index contributed by atoms with van der Waals surface area (Å²) in [7, 11) is 0. The highest BCUT2D eigenvalue weighted by Gasteiger charge is 2.24. The smallest absolute Gasteiger partial charge is 0.193 e. The lowest BCUT2D eigenvalue weighted by atomic mass is 10.1. The fourth-order valence-corrected chi connectivity index (χ4v) is 3.61. The first kappa shape index (κ1) is 25.4. The lowest BCUT2D eigenvalue weighted by Crippen LogP contribution is -2.40. The number of unbranched alkanes of at least 4 members (excludes halogenated alkanes) is 1. The average Bonchev–Trinajstić information content (AvgIpc) is 3.25. The number of pyridine rings is 1. The second-order valence-electron chi connectivity index (χ2n) is 7.69. The molecule has 0 saturated carbocycles. The van der Waals surface area contributed by atoms with Crippen molar-refractivity contribution in [2.24, 2.45) is 10.9 Å². The van der Waals surface area contributed by atoms with E-state index in [-0.39, 0.29) is 24.0 Å². The van der Waals surface area contributed by atoms with Crippen molar-refractivity contribution in [3.05, 3.63) is 60.3 Å². The zero-order valence-corrected chi connectivity index (χ0v) is 20.8. The van der Waals surface area contributed by atoms with Gasteiger partial charge < -0.3 is 20.3 Å². The van der Waals surface area contributed by atoms with Gasteiger partial charge in [0.25, 0.3) is 0 Å². The van der Waals surface area contributed by atoms with E-state index in [9.17, 15) is 0 Å². The summed E-state index contributed by atoms with van der Waals surface area (Å²) in [4.78, 5) is 11.5. The summed E-state index contributed by atoms with van der Waals surface area (Å²) in [5.41, 5.74) is 1.24. The third-order valence-corrected chi connectivity index (χ3v) is 5.20. The van der Waals surface area contributed by atoms with E-state index >= 15 is 0 Å². The minimum atomic E-state index is 0. The van der Waals surface area contributed by atoms with E-state index in [4.69, 9.17) is 9.73 Å². The molecule has 0 bridgehead atoms. The van der Waals surface area contributed by atoms with Crippen LogP contribution in [0.25, 0.3) is 0 Å². The molecule has 0 aliphatic carbocycles. The molecule has 6 nitrogen and oxygen atoms in total. The molecule has 2 heterocycles. The average molecular weight is 537 g/mol. The lowest BCUT2D eigenvalue weighted by molar-refractivity contribution is 0.0907. The second kappa shape index (κ2) is 15.0. The third-order valence-electron chi connectivity index (χ3n) is 5.20. The molecule has 1 aliphatic heterocycles. The number of hydrogen-bond acceptors (Lipinski definition) is 4. The van der Waals surface area contributed by atoms with Crippen LogP contribution in [0, 0.1) is 5.92 Å². The first-order valence-electron chi connectivity index (χ1n) is 11.1. The number of likely N-dealkylation sites (tertiary alicyclic amines) is 1. The molecule has 1 aliphatic rings. The molecule has 31 heavy (non-hydrogen) atoms. The number of aliphatic imine (C=N–C) groups is 1. The summed E-state index contributed by atoms with van der Waals surface area (Å²) in [6.07, 6.45) is 5.11. The number of hydrogen-bond donors (Lipinski definition) is 2. The maximum absolute atomic E-state index is 5.95. The van der Waals surface area contributed by atoms with Crippen LogP contribution in [-0.4, -0.2) is 55.2 Å². The van der Waals surface area contributed by atoms with Gasteiger partial charge in [0, 0.05) is 44.8 Å². The summed E-state index contributed by atoms with van der Waals surface area (Å²) in [5.74, 6) is 2.55. The van der Waals surface area contributed by atoms with Gasteiger partial charge in [-0.3, -0.25) is 4.99 Å².